The maximum Gasteiger partial charge on any atom is 0.252 e. The number of hydrogen-bond acceptors (Lipinski definition) is 3. The zero-order valence-electron chi connectivity index (χ0n) is 18.1. The molecule has 6 nitrogen and oxygen atoms in total. The average molecular weight is 458 g/mol. The highest BCUT2D eigenvalue weighted by atomic mass is 19.1. The van der Waals surface area contributed by atoms with Gasteiger partial charge in [-0.25, -0.2) is 13.5 Å². The lowest BCUT2D eigenvalue weighted by atomic mass is 9.82. The second-order valence-corrected chi connectivity index (χ2v) is 8.07. The number of nitrogens with zero attached hydrogens (tertiary/aromatic N) is 2. The molecular formula is C26H20F2N4O2. The largest absolute Gasteiger partial charge is 0.339 e. The van der Waals surface area contributed by atoms with Crippen molar-refractivity contribution in [1.82, 2.24) is 15.1 Å². The van der Waals surface area contributed by atoms with Crippen molar-refractivity contribution in [3.63, 3.8) is 0 Å². The predicted molar refractivity (Wildman–Crippen MR) is 123 cm³/mol. The van der Waals surface area contributed by atoms with Crippen molar-refractivity contribution >= 4 is 17.6 Å². The fourth-order valence-corrected chi connectivity index (χ4v) is 4.33. The molecule has 0 saturated heterocycles. The normalized spacial score (nSPS) is 17.1. The third-order valence-electron chi connectivity index (χ3n) is 5.88. The molecule has 0 unspecified atom stereocenters. The number of aryl methyl sites for hydroxylation is 1. The summed E-state index contributed by atoms with van der Waals surface area (Å²) >= 11 is 0. The Kier molecular flexibility index (Phi) is 5.41. The lowest BCUT2D eigenvalue weighted by Crippen LogP contribution is -2.50. The van der Waals surface area contributed by atoms with Crippen LogP contribution < -0.4 is 10.6 Å². The molecule has 1 aliphatic heterocycles. The molecule has 0 spiro atoms. The number of benzene rings is 3. The number of fused-ring (bicyclic) bond motifs is 1. The molecule has 1 aliphatic rings. The minimum Gasteiger partial charge on any atom is -0.339 e. The van der Waals surface area contributed by atoms with Gasteiger partial charge in [-0.05, 0) is 55.0 Å². The van der Waals surface area contributed by atoms with Crippen LogP contribution in [-0.2, 0) is 4.79 Å². The Morgan fingerprint density at radius 2 is 1.71 bits per heavy atom. The number of aromatic nitrogens is 2. The summed E-state index contributed by atoms with van der Waals surface area (Å²) in [5.41, 5.74) is 2.84. The van der Waals surface area contributed by atoms with Crippen molar-refractivity contribution in [1.29, 1.82) is 0 Å². The van der Waals surface area contributed by atoms with E-state index in [1.807, 2.05) is 37.3 Å². The van der Waals surface area contributed by atoms with E-state index in [4.69, 9.17) is 0 Å². The van der Waals surface area contributed by atoms with Crippen LogP contribution in [-0.4, -0.2) is 27.6 Å². The van der Waals surface area contributed by atoms with Gasteiger partial charge in [-0.15, -0.1) is 0 Å². The van der Waals surface area contributed by atoms with Crippen LogP contribution in [0.2, 0.25) is 0 Å². The summed E-state index contributed by atoms with van der Waals surface area (Å²) in [5, 5.41) is 10.3. The van der Waals surface area contributed by atoms with Crippen LogP contribution in [0.4, 0.5) is 14.6 Å². The van der Waals surface area contributed by atoms with E-state index in [1.165, 1.54) is 30.3 Å². The monoisotopic (exact) mass is 458 g/mol. The molecule has 2 N–H and O–H groups in total. The Morgan fingerprint density at radius 3 is 2.41 bits per heavy atom. The lowest BCUT2D eigenvalue weighted by molar-refractivity contribution is -0.118. The van der Waals surface area contributed by atoms with Crippen LogP contribution >= 0.6 is 0 Å². The molecule has 2 amide bonds. The summed E-state index contributed by atoms with van der Waals surface area (Å²) in [4.78, 5) is 26.2. The van der Waals surface area contributed by atoms with Gasteiger partial charge in [0.25, 0.3) is 5.91 Å². The van der Waals surface area contributed by atoms with Gasteiger partial charge >= 0.3 is 0 Å². The third-order valence-corrected chi connectivity index (χ3v) is 5.88. The summed E-state index contributed by atoms with van der Waals surface area (Å²) < 4.78 is 29.0. The molecule has 34 heavy (non-hydrogen) atoms. The molecule has 0 aliphatic carbocycles. The Hall–Kier alpha value is -4.33. The molecule has 5 rings (SSSR count). The van der Waals surface area contributed by atoms with Crippen molar-refractivity contribution in [2.45, 2.75) is 18.9 Å². The number of para-hydroxylation sites is 1. The number of hydrogen-bond donors (Lipinski definition) is 2. The zero-order valence-corrected chi connectivity index (χ0v) is 18.1. The molecule has 4 aromatic rings. The lowest BCUT2D eigenvalue weighted by Gasteiger charge is -2.32. The van der Waals surface area contributed by atoms with E-state index in [0.29, 0.717) is 22.6 Å². The van der Waals surface area contributed by atoms with Gasteiger partial charge in [0, 0.05) is 17.0 Å². The van der Waals surface area contributed by atoms with Gasteiger partial charge in [0.05, 0.1) is 11.4 Å². The Labute approximate surface area is 194 Å². The summed E-state index contributed by atoms with van der Waals surface area (Å²) in [5.74, 6) is -2.18. The molecule has 8 heteroatoms. The van der Waals surface area contributed by atoms with Gasteiger partial charge in [-0.2, -0.15) is 5.10 Å². The second-order valence-electron chi connectivity index (χ2n) is 8.07. The fourth-order valence-electron chi connectivity index (χ4n) is 4.33. The first kappa shape index (κ1) is 21.5. The number of carbonyl (C=O) groups is 2. The number of halogens is 2. The van der Waals surface area contributed by atoms with E-state index >= 15 is 0 Å². The van der Waals surface area contributed by atoms with Crippen molar-refractivity contribution in [3.05, 3.63) is 113 Å². The number of nitrogens with one attached hydrogen (secondary N) is 2. The SMILES string of the molecule is Cc1nn(-c2ccccc2)c2c1[C@H](c1ccc(F)cc1)[C@H](NC(=O)c1cccc(F)c1)C(=O)N2. The Balaban J connectivity index is 1.62. The van der Waals surface area contributed by atoms with Gasteiger partial charge in [-0.1, -0.05) is 36.4 Å². The molecule has 2 atom stereocenters. The molecule has 0 saturated carbocycles. The second kappa shape index (κ2) is 8.55. The molecule has 0 radical (unpaired) electrons. The van der Waals surface area contributed by atoms with Crippen molar-refractivity contribution < 1.29 is 18.4 Å². The zero-order chi connectivity index (χ0) is 23.8. The summed E-state index contributed by atoms with van der Waals surface area (Å²) in [6, 6.07) is 19.3. The smallest absolute Gasteiger partial charge is 0.252 e. The van der Waals surface area contributed by atoms with E-state index in [2.05, 4.69) is 15.7 Å². The van der Waals surface area contributed by atoms with Gasteiger partial charge < -0.3 is 10.6 Å². The van der Waals surface area contributed by atoms with E-state index in [-0.39, 0.29) is 5.56 Å². The molecule has 0 bridgehead atoms. The van der Waals surface area contributed by atoms with Gasteiger partial charge in [-0.3, -0.25) is 9.59 Å². The number of rotatable bonds is 4. The predicted octanol–water partition coefficient (Wildman–Crippen LogP) is 4.34. The van der Waals surface area contributed by atoms with Crippen molar-refractivity contribution in [2.75, 3.05) is 5.32 Å². The van der Waals surface area contributed by atoms with E-state index < -0.39 is 35.4 Å². The third kappa shape index (κ3) is 3.83. The minimum atomic E-state index is -1.03. The van der Waals surface area contributed by atoms with Crippen LogP contribution in [0.1, 0.15) is 33.1 Å². The minimum absolute atomic E-state index is 0.0909. The molecular weight excluding hydrogens is 438 g/mol. The van der Waals surface area contributed by atoms with E-state index in [9.17, 15) is 18.4 Å². The van der Waals surface area contributed by atoms with Crippen molar-refractivity contribution in [3.8, 4) is 5.69 Å². The first-order valence-corrected chi connectivity index (χ1v) is 10.7. The summed E-state index contributed by atoms with van der Waals surface area (Å²) in [7, 11) is 0. The van der Waals surface area contributed by atoms with Crippen LogP contribution in [0.25, 0.3) is 5.69 Å². The highest BCUT2D eigenvalue weighted by Gasteiger charge is 2.41. The van der Waals surface area contributed by atoms with Crippen LogP contribution in [0.15, 0.2) is 78.9 Å². The number of anilines is 1. The average Bonchev–Trinajstić information content (AvgIpc) is 3.16. The van der Waals surface area contributed by atoms with Crippen LogP contribution in [0.3, 0.4) is 0 Å². The Morgan fingerprint density at radius 1 is 0.971 bits per heavy atom. The molecule has 0 fully saturated rings. The van der Waals surface area contributed by atoms with Crippen LogP contribution in [0, 0.1) is 18.6 Å². The molecule has 3 aromatic carbocycles. The topological polar surface area (TPSA) is 76.0 Å². The number of amides is 2. The maximum atomic E-state index is 13.7. The summed E-state index contributed by atoms with van der Waals surface area (Å²) in [6.45, 7) is 1.82. The Bertz CT molecular complexity index is 1380. The highest BCUT2D eigenvalue weighted by molar-refractivity contribution is 6.04. The first-order chi connectivity index (χ1) is 16.4. The fraction of sp³-hybridized carbons (Fsp3) is 0.115. The molecule has 2 heterocycles. The number of carbonyl (C=O) groups excluding carboxylic acids is 2. The van der Waals surface area contributed by atoms with Gasteiger partial charge in [0.15, 0.2) is 0 Å². The molecule has 170 valence electrons. The first-order valence-electron chi connectivity index (χ1n) is 10.7. The van der Waals surface area contributed by atoms with Gasteiger partial charge in [0.1, 0.15) is 23.5 Å². The van der Waals surface area contributed by atoms with Gasteiger partial charge in [0.2, 0.25) is 5.91 Å². The van der Waals surface area contributed by atoms with Crippen molar-refractivity contribution in [2.24, 2.45) is 0 Å². The molecule has 1 aromatic heterocycles. The highest BCUT2D eigenvalue weighted by Crippen LogP contribution is 2.40. The quantitative estimate of drug-likeness (QED) is 0.478. The standard InChI is InChI=1S/C26H20F2N4O2/c1-15-21-22(16-10-12-18(27)13-11-16)23(29-25(33)17-6-5-7-19(28)14-17)26(34)30-24(21)32(31-15)20-8-3-2-4-9-20/h2-14,22-23H,1H3,(H,29,33)(H,30,34)/t22-,23-/m0/s1. The van der Waals surface area contributed by atoms with E-state index in [0.717, 1.165) is 11.8 Å². The maximum absolute atomic E-state index is 13.7. The van der Waals surface area contributed by atoms with E-state index in [1.54, 1.807) is 16.8 Å². The van der Waals surface area contributed by atoms with Crippen LogP contribution in [0.5, 0.6) is 0 Å². The summed E-state index contributed by atoms with van der Waals surface area (Å²) in [6.07, 6.45) is 0.